The van der Waals surface area contributed by atoms with Gasteiger partial charge in [-0.1, -0.05) is 30.4 Å². The van der Waals surface area contributed by atoms with Gasteiger partial charge in [-0.05, 0) is 89.4 Å². The molecule has 1 aromatic carbocycles. The number of nitro groups is 2. The van der Waals surface area contributed by atoms with Crippen LogP contribution >= 0.6 is 11.3 Å². The summed E-state index contributed by atoms with van der Waals surface area (Å²) >= 11 is 1.55. The summed E-state index contributed by atoms with van der Waals surface area (Å²) in [6.07, 6.45) is 13.9. The minimum absolute atomic E-state index is 0.00168. The van der Waals surface area contributed by atoms with Crippen molar-refractivity contribution in [2.75, 3.05) is 87.3 Å². The lowest BCUT2D eigenvalue weighted by Crippen LogP contribution is -2.45. The number of carbonyl (C=O) groups is 1. The Labute approximate surface area is 424 Å². The van der Waals surface area contributed by atoms with Gasteiger partial charge >= 0.3 is 11.8 Å². The lowest BCUT2D eigenvalue weighted by molar-refractivity contribution is -0.402. The van der Waals surface area contributed by atoms with Gasteiger partial charge in [0, 0.05) is 70.4 Å². The lowest BCUT2D eigenvalue weighted by atomic mass is 10.2. The molecular weight excluding hydrogens is 969 g/mol. The van der Waals surface area contributed by atoms with Gasteiger partial charge in [0.1, 0.15) is 43.5 Å². The van der Waals surface area contributed by atoms with E-state index in [0.717, 1.165) is 55.3 Å². The summed E-state index contributed by atoms with van der Waals surface area (Å²) < 4.78 is 39.1. The van der Waals surface area contributed by atoms with Gasteiger partial charge in [-0.15, -0.1) is 17.9 Å². The van der Waals surface area contributed by atoms with Crippen LogP contribution in [0.4, 0.5) is 43.6 Å². The predicted molar refractivity (Wildman–Crippen MR) is 279 cm³/mol. The summed E-state index contributed by atoms with van der Waals surface area (Å²) in [7, 11) is 3.98. The van der Waals surface area contributed by atoms with Crippen LogP contribution < -0.4 is 20.9 Å². The van der Waals surface area contributed by atoms with E-state index in [-0.39, 0.29) is 63.7 Å². The number of halogens is 2. The molecule has 4 N–H and O–H groups in total. The number of aryl methyl sites for hydroxylation is 1. The van der Waals surface area contributed by atoms with Gasteiger partial charge in [-0.2, -0.15) is 18.7 Å². The number of allylic oxidation sites excluding steroid dienone is 3. The maximum absolute atomic E-state index is 14.8. The van der Waals surface area contributed by atoms with Crippen molar-refractivity contribution in [1.82, 2.24) is 34.7 Å². The normalized spacial score (nSPS) is 14.0. The van der Waals surface area contributed by atoms with E-state index in [1.165, 1.54) is 55.5 Å². The molecule has 21 nitrogen and oxygen atoms in total. The fourth-order valence-corrected chi connectivity index (χ4v) is 7.66. The molecule has 0 atom stereocenters. The summed E-state index contributed by atoms with van der Waals surface area (Å²) in [4.78, 5) is 59.6. The number of piperazine rings is 2. The number of phenols is 1. The molecule has 7 heterocycles. The number of hydrogen-bond donors (Lipinski definition) is 3. The Hall–Kier alpha value is -8.22. The van der Waals surface area contributed by atoms with Crippen LogP contribution in [0.1, 0.15) is 55.6 Å². The summed E-state index contributed by atoms with van der Waals surface area (Å²) in [5.41, 5.74) is 8.06. The van der Waals surface area contributed by atoms with Crippen LogP contribution in [0.15, 0.2) is 87.6 Å². The van der Waals surface area contributed by atoms with E-state index in [1.54, 1.807) is 28.4 Å². The Kier molecular flexibility index (Phi) is 20.9. The highest BCUT2D eigenvalue weighted by Gasteiger charge is 2.25. The average Bonchev–Trinajstić information content (AvgIpc) is 4.14. The number of nitrogens with one attached hydrogen (secondary N) is 1. The molecular formula is C49H57F2N13O8S. The predicted octanol–water partition coefficient (Wildman–Crippen LogP) is 8.97. The number of phenolic OH excluding ortho intramolecular Hbond substituents is 1. The highest BCUT2D eigenvalue weighted by molar-refractivity contribution is 7.13. The number of unbranched alkanes of at least 4 members (excludes halogenated alkanes) is 1. The van der Waals surface area contributed by atoms with Crippen molar-refractivity contribution >= 4 is 76.3 Å². The van der Waals surface area contributed by atoms with E-state index < -0.39 is 27.6 Å². The highest BCUT2D eigenvalue weighted by Crippen LogP contribution is 2.32. The molecule has 73 heavy (non-hydrogen) atoms. The van der Waals surface area contributed by atoms with Gasteiger partial charge in [0.15, 0.2) is 23.3 Å². The number of nitrogens with zero attached hydrogens (tertiary/aromatic N) is 11. The minimum Gasteiger partial charge on any atom is -0.507 e. The first-order valence-corrected chi connectivity index (χ1v) is 23.7. The largest absolute Gasteiger partial charge is 0.507 e. The van der Waals surface area contributed by atoms with Crippen LogP contribution in [0.5, 0.6) is 5.75 Å². The van der Waals surface area contributed by atoms with E-state index in [9.17, 15) is 38.9 Å². The monoisotopic (exact) mass is 1030 g/mol. The van der Waals surface area contributed by atoms with Gasteiger partial charge in [-0.25, -0.2) is 15.0 Å². The van der Waals surface area contributed by atoms with Gasteiger partial charge in [0.2, 0.25) is 17.8 Å². The molecule has 0 radical (unpaired) electrons. The second-order valence-electron chi connectivity index (χ2n) is 16.2. The Morgan fingerprint density at radius 2 is 1.32 bits per heavy atom. The van der Waals surface area contributed by atoms with Crippen LogP contribution in [-0.4, -0.2) is 122 Å². The first-order chi connectivity index (χ1) is 35.0. The number of benzene rings is 1. The molecule has 6 aromatic rings. The standard InChI is InChI=1S/C17H19FN6O4.C15H17FN6O3.C10H9NOS.C7H12/c1-11(25)19-17-15(23-9-7-22(2)8-10-23)16(18)20-13(21-17)5-3-12-4-6-14(28-12)24(26)27;1-20-6-8-21(9-7-20)13-14(16)18-11(19-15(13)17)4-2-10-3-5-12(25-10)22(23)24;1-7-6-13-10(11-7)8-4-2-3-5-9(8)12;1-3-5-7-6-4-2/h3-6H,7-10H2,1-2H3,(H,19,20,21,25);2-5H,6-9H2,1H3,(H2,17,18,19);2-6,12H,1H3;3-4,6H,1,5,7H2,2H3/b5-3+;4-2+;;6-4-. The molecule has 2 aliphatic rings. The fourth-order valence-electron chi connectivity index (χ4n) is 6.83. The van der Waals surface area contributed by atoms with Gasteiger partial charge in [0.05, 0.1) is 17.7 Å². The van der Waals surface area contributed by atoms with Crippen LogP contribution in [0.2, 0.25) is 0 Å². The molecule has 2 saturated heterocycles. The number of nitrogens with two attached hydrogens (primary N) is 1. The summed E-state index contributed by atoms with van der Waals surface area (Å²) in [6.45, 7) is 14.4. The zero-order valence-electron chi connectivity index (χ0n) is 41.0. The molecule has 8 rings (SSSR count). The van der Waals surface area contributed by atoms with Crippen LogP contribution in [0, 0.1) is 39.0 Å². The van der Waals surface area contributed by atoms with Crippen molar-refractivity contribution in [2.24, 2.45) is 0 Å². The number of carbonyl (C=O) groups excluding carboxylic acids is 1. The van der Waals surface area contributed by atoms with Crippen molar-refractivity contribution in [2.45, 2.75) is 33.6 Å². The second kappa shape index (κ2) is 27.4. The maximum atomic E-state index is 14.8. The second-order valence-corrected chi connectivity index (χ2v) is 17.1. The van der Waals surface area contributed by atoms with Crippen molar-refractivity contribution in [3.8, 4) is 16.3 Å². The zero-order valence-corrected chi connectivity index (χ0v) is 41.8. The average molecular weight is 1030 g/mol. The molecule has 0 aliphatic carbocycles. The molecule has 0 spiro atoms. The number of nitrogen functional groups attached to an aromatic ring is 1. The first-order valence-electron chi connectivity index (χ1n) is 22.8. The Balaban J connectivity index is 0.000000199. The van der Waals surface area contributed by atoms with E-state index in [0.29, 0.717) is 26.2 Å². The molecule has 0 unspecified atom stereocenters. The van der Waals surface area contributed by atoms with Crippen molar-refractivity contribution < 1.29 is 37.4 Å². The number of aromatic nitrogens is 5. The Bertz CT molecular complexity index is 2880. The number of rotatable bonds is 13. The number of thiazole rings is 1. The van der Waals surface area contributed by atoms with Gasteiger partial charge < -0.3 is 44.6 Å². The first kappa shape index (κ1) is 55.7. The maximum Gasteiger partial charge on any atom is 0.433 e. The third-order valence-electron chi connectivity index (χ3n) is 10.6. The molecule has 0 bridgehead atoms. The number of likely N-dealkylation sites (N-methyl/N-ethyl adjacent to an activating group) is 2. The third-order valence-corrected chi connectivity index (χ3v) is 11.6. The number of amides is 1. The smallest absolute Gasteiger partial charge is 0.433 e. The summed E-state index contributed by atoms with van der Waals surface area (Å²) in [5.74, 6) is -1.70. The summed E-state index contributed by atoms with van der Waals surface area (Å²) in [6, 6.07) is 12.5. The molecule has 1 amide bonds. The van der Waals surface area contributed by atoms with Crippen molar-refractivity contribution in [1.29, 1.82) is 0 Å². The number of para-hydroxylation sites is 1. The third kappa shape index (κ3) is 17.0. The van der Waals surface area contributed by atoms with Gasteiger partial charge in [-0.3, -0.25) is 25.0 Å². The SMILES string of the molecule is C=CCC/C=C\C.CC(=O)Nc1nc(/C=C/c2ccc([N+](=O)[O-])o2)nc(F)c1N1CCN(C)CC1.CN1CCN(c2c(N)nc(/C=C/c3ccc([N+](=O)[O-])o3)nc2F)CC1.Cc1csc(-c2ccccc2O)n1. The van der Waals surface area contributed by atoms with E-state index in [1.807, 2.05) is 56.4 Å². The van der Waals surface area contributed by atoms with Crippen LogP contribution in [0.25, 0.3) is 34.9 Å². The highest BCUT2D eigenvalue weighted by atomic mass is 32.1. The molecule has 2 fully saturated rings. The molecule has 386 valence electrons. The molecule has 24 heteroatoms. The topological polar surface area (TPSA) is 265 Å². The zero-order chi connectivity index (χ0) is 53.0. The molecule has 5 aromatic heterocycles. The van der Waals surface area contributed by atoms with Gasteiger partial charge in [0.25, 0.3) is 0 Å². The number of anilines is 4. The van der Waals surface area contributed by atoms with Crippen molar-refractivity contribution in [3.05, 3.63) is 140 Å². The lowest BCUT2D eigenvalue weighted by Gasteiger charge is -2.34. The molecule has 0 saturated carbocycles. The van der Waals surface area contributed by atoms with E-state index in [2.05, 4.69) is 58.8 Å². The Morgan fingerprint density at radius 3 is 1.77 bits per heavy atom. The van der Waals surface area contributed by atoms with Crippen molar-refractivity contribution in [3.63, 3.8) is 0 Å². The van der Waals surface area contributed by atoms with E-state index in [4.69, 9.17) is 14.6 Å². The summed E-state index contributed by atoms with van der Waals surface area (Å²) in [5, 5.41) is 36.2. The number of aromatic hydroxyl groups is 1. The quantitative estimate of drug-likeness (QED) is 0.0320. The minimum atomic E-state index is -0.756. The van der Waals surface area contributed by atoms with Crippen LogP contribution in [0.3, 0.4) is 0 Å². The molecule has 2 aliphatic heterocycles. The number of hydrogen-bond acceptors (Lipinski definition) is 19. The van der Waals surface area contributed by atoms with Crippen LogP contribution in [-0.2, 0) is 4.79 Å². The Morgan fingerprint density at radius 1 is 0.795 bits per heavy atom. The number of furan rings is 2. The fraction of sp³-hybridized carbons (Fsp3) is 0.306. The van der Waals surface area contributed by atoms with E-state index >= 15 is 0 Å².